The van der Waals surface area contributed by atoms with Crippen molar-refractivity contribution < 1.29 is 32.2 Å². The van der Waals surface area contributed by atoms with Gasteiger partial charge >= 0.3 is 12.0 Å². The molecule has 0 aliphatic carbocycles. The van der Waals surface area contributed by atoms with Crippen molar-refractivity contribution >= 4 is 27.8 Å². The summed E-state index contributed by atoms with van der Waals surface area (Å²) >= 11 is 0. The van der Waals surface area contributed by atoms with E-state index in [1.54, 1.807) is 12.1 Å². The maximum Gasteiger partial charge on any atom is 0.338 e. The average molecular weight is 450 g/mol. The van der Waals surface area contributed by atoms with Gasteiger partial charge in [0.25, 0.3) is 0 Å². The first-order valence-corrected chi connectivity index (χ1v) is 10.5. The predicted octanol–water partition coefficient (Wildman–Crippen LogP) is 1.53. The van der Waals surface area contributed by atoms with Crippen molar-refractivity contribution in [3.8, 4) is 11.8 Å². The van der Waals surface area contributed by atoms with Crippen LogP contribution in [0.1, 0.15) is 15.9 Å². The molecule has 0 radical (unpaired) electrons. The molecule has 0 aliphatic heterocycles. The van der Waals surface area contributed by atoms with Gasteiger partial charge in [0.1, 0.15) is 0 Å². The number of hydrogen-bond acceptors (Lipinski definition) is 9. The summed E-state index contributed by atoms with van der Waals surface area (Å²) in [6, 6.07) is 6.62. The molecule has 12 heteroatoms. The number of amides is 2. The number of esters is 1. The van der Waals surface area contributed by atoms with Crippen molar-refractivity contribution in [1.82, 2.24) is 15.3 Å². The standard InChI is InChI=1S/C19H22N4O7S/c1-5-16(22-19(25)23-18-20-14(28-2)10-15(21-18)29-3)31(26,27)11-12-8-6-7-9-13(12)17(24)30-4/h5-10,16H,1,11H2,2-4H3,(H2,20,21,22,23,25). The van der Waals surface area contributed by atoms with Crippen molar-refractivity contribution in [3.05, 3.63) is 54.1 Å². The van der Waals surface area contributed by atoms with E-state index < -0.39 is 33.0 Å². The molecule has 0 fully saturated rings. The van der Waals surface area contributed by atoms with Gasteiger partial charge in [-0.1, -0.05) is 24.3 Å². The third-order valence-corrected chi connectivity index (χ3v) is 5.77. The number of nitrogens with one attached hydrogen (secondary N) is 2. The Labute approximate surface area is 179 Å². The Bertz CT molecular complexity index is 1050. The monoisotopic (exact) mass is 450 g/mol. The molecule has 0 aliphatic rings. The number of urea groups is 1. The molecule has 2 N–H and O–H groups in total. The molecule has 2 aromatic rings. The van der Waals surface area contributed by atoms with E-state index in [0.29, 0.717) is 0 Å². The first-order chi connectivity index (χ1) is 14.7. The van der Waals surface area contributed by atoms with Gasteiger partial charge in [-0.2, -0.15) is 9.97 Å². The predicted molar refractivity (Wildman–Crippen MR) is 112 cm³/mol. The van der Waals surface area contributed by atoms with Crippen LogP contribution in [-0.2, 0) is 20.3 Å². The van der Waals surface area contributed by atoms with E-state index in [2.05, 4.69) is 31.9 Å². The van der Waals surface area contributed by atoms with Crippen LogP contribution < -0.4 is 20.1 Å². The Hall–Kier alpha value is -3.67. The molecule has 1 aromatic carbocycles. The van der Waals surface area contributed by atoms with Crippen LogP contribution in [0, 0.1) is 0 Å². The molecule has 1 unspecified atom stereocenters. The lowest BCUT2D eigenvalue weighted by Gasteiger charge is -2.17. The Morgan fingerprint density at radius 1 is 1.13 bits per heavy atom. The second-order valence-electron chi connectivity index (χ2n) is 5.99. The van der Waals surface area contributed by atoms with Crippen LogP contribution in [-0.4, -0.2) is 57.1 Å². The van der Waals surface area contributed by atoms with E-state index in [-0.39, 0.29) is 28.8 Å². The molecule has 0 saturated heterocycles. The fourth-order valence-electron chi connectivity index (χ4n) is 2.49. The smallest absolute Gasteiger partial charge is 0.338 e. The molecule has 0 saturated carbocycles. The summed E-state index contributed by atoms with van der Waals surface area (Å²) in [5, 5.41) is 3.14. The summed E-state index contributed by atoms with van der Waals surface area (Å²) in [7, 11) is -0.0483. The quantitative estimate of drug-likeness (QED) is 0.429. The van der Waals surface area contributed by atoms with Gasteiger partial charge in [-0.3, -0.25) is 5.32 Å². The highest BCUT2D eigenvalue weighted by atomic mass is 32.2. The molecule has 31 heavy (non-hydrogen) atoms. The molecular weight excluding hydrogens is 428 g/mol. The van der Waals surface area contributed by atoms with Crippen LogP contribution >= 0.6 is 0 Å². The maximum atomic E-state index is 12.8. The highest BCUT2D eigenvalue weighted by molar-refractivity contribution is 7.91. The highest BCUT2D eigenvalue weighted by Crippen LogP contribution is 2.18. The Morgan fingerprint density at radius 3 is 2.29 bits per heavy atom. The number of benzene rings is 1. The van der Waals surface area contributed by atoms with Crippen molar-refractivity contribution in [2.45, 2.75) is 11.1 Å². The minimum atomic E-state index is -3.99. The first-order valence-electron chi connectivity index (χ1n) is 8.79. The van der Waals surface area contributed by atoms with E-state index in [4.69, 9.17) is 9.47 Å². The van der Waals surface area contributed by atoms with Crippen LogP contribution in [0.4, 0.5) is 10.7 Å². The zero-order valence-corrected chi connectivity index (χ0v) is 17.9. The summed E-state index contributed by atoms with van der Waals surface area (Å²) in [6.45, 7) is 3.47. The molecule has 1 aromatic heterocycles. The molecule has 166 valence electrons. The van der Waals surface area contributed by atoms with Crippen molar-refractivity contribution in [3.63, 3.8) is 0 Å². The van der Waals surface area contributed by atoms with Gasteiger partial charge in [-0.05, 0) is 11.6 Å². The third-order valence-electron chi connectivity index (χ3n) is 3.98. The topological polar surface area (TPSA) is 146 Å². The third kappa shape index (κ3) is 6.15. The Kier molecular flexibility index (Phi) is 7.91. The lowest BCUT2D eigenvalue weighted by atomic mass is 10.1. The van der Waals surface area contributed by atoms with Gasteiger partial charge in [0.2, 0.25) is 17.7 Å². The molecule has 0 bridgehead atoms. The fraction of sp³-hybridized carbons (Fsp3) is 0.263. The number of anilines is 1. The number of ether oxygens (including phenoxy) is 3. The lowest BCUT2D eigenvalue weighted by molar-refractivity contribution is 0.0599. The number of sulfone groups is 1. The van der Waals surface area contributed by atoms with E-state index in [1.807, 2.05) is 0 Å². The number of hydrogen-bond donors (Lipinski definition) is 2. The fourth-order valence-corrected chi connectivity index (χ4v) is 3.94. The van der Waals surface area contributed by atoms with E-state index in [1.165, 1.54) is 39.5 Å². The molecule has 1 atom stereocenters. The molecule has 2 amide bonds. The summed E-state index contributed by atoms with van der Waals surface area (Å²) in [4.78, 5) is 32.1. The average Bonchev–Trinajstić information content (AvgIpc) is 2.76. The van der Waals surface area contributed by atoms with Crippen LogP contribution in [0.3, 0.4) is 0 Å². The normalized spacial score (nSPS) is 11.7. The highest BCUT2D eigenvalue weighted by Gasteiger charge is 2.27. The maximum absolute atomic E-state index is 12.8. The molecule has 11 nitrogen and oxygen atoms in total. The van der Waals surface area contributed by atoms with Crippen LogP contribution in [0.15, 0.2) is 43.0 Å². The van der Waals surface area contributed by atoms with Crippen molar-refractivity contribution in [2.75, 3.05) is 26.6 Å². The zero-order chi connectivity index (χ0) is 23.0. The minimum Gasteiger partial charge on any atom is -0.481 e. The van der Waals surface area contributed by atoms with E-state index in [9.17, 15) is 18.0 Å². The van der Waals surface area contributed by atoms with Crippen molar-refractivity contribution in [1.29, 1.82) is 0 Å². The Morgan fingerprint density at radius 2 is 1.74 bits per heavy atom. The second kappa shape index (κ2) is 10.4. The number of aromatic nitrogens is 2. The number of nitrogens with zero attached hydrogens (tertiary/aromatic N) is 2. The summed E-state index contributed by atoms with van der Waals surface area (Å²) in [5.74, 6) is -1.09. The molecule has 0 spiro atoms. The second-order valence-corrected chi connectivity index (χ2v) is 8.11. The molecular formula is C19H22N4O7S. The summed E-state index contributed by atoms with van der Waals surface area (Å²) in [6.07, 6.45) is 1.06. The number of carbonyl (C=O) groups excluding carboxylic acids is 2. The number of carbonyl (C=O) groups is 2. The largest absolute Gasteiger partial charge is 0.481 e. The minimum absolute atomic E-state index is 0.109. The Balaban J connectivity index is 2.18. The number of rotatable bonds is 9. The van der Waals surface area contributed by atoms with Gasteiger partial charge in [0, 0.05) is 0 Å². The van der Waals surface area contributed by atoms with Gasteiger partial charge < -0.3 is 19.5 Å². The summed E-state index contributed by atoms with van der Waals surface area (Å²) in [5.41, 5.74) is 0.335. The van der Waals surface area contributed by atoms with Gasteiger partial charge in [0.15, 0.2) is 15.2 Å². The SMILES string of the molecule is C=CC(NC(=O)Nc1nc(OC)cc(OC)n1)S(=O)(=O)Cc1ccccc1C(=O)OC. The lowest BCUT2D eigenvalue weighted by Crippen LogP contribution is -2.42. The molecule has 1 heterocycles. The van der Waals surface area contributed by atoms with Crippen LogP contribution in [0.5, 0.6) is 11.8 Å². The van der Waals surface area contributed by atoms with Gasteiger partial charge in [0.05, 0.1) is 38.7 Å². The first kappa shape index (κ1) is 23.6. The van der Waals surface area contributed by atoms with Crippen molar-refractivity contribution in [2.24, 2.45) is 0 Å². The van der Waals surface area contributed by atoms with Gasteiger partial charge in [-0.15, -0.1) is 6.58 Å². The summed E-state index contributed by atoms with van der Waals surface area (Å²) < 4.78 is 40.3. The van der Waals surface area contributed by atoms with E-state index in [0.717, 1.165) is 6.08 Å². The zero-order valence-electron chi connectivity index (χ0n) is 17.1. The van der Waals surface area contributed by atoms with Crippen LogP contribution in [0.2, 0.25) is 0 Å². The van der Waals surface area contributed by atoms with E-state index >= 15 is 0 Å². The van der Waals surface area contributed by atoms with Gasteiger partial charge in [-0.25, -0.2) is 18.0 Å². The number of methoxy groups -OCH3 is 3. The molecule has 2 rings (SSSR count). The van der Waals surface area contributed by atoms with Crippen LogP contribution in [0.25, 0.3) is 0 Å².